The van der Waals surface area contributed by atoms with E-state index in [2.05, 4.69) is 10.3 Å². The van der Waals surface area contributed by atoms with Gasteiger partial charge in [0.1, 0.15) is 5.82 Å². The molecule has 5 nitrogen and oxygen atoms in total. The summed E-state index contributed by atoms with van der Waals surface area (Å²) in [6.45, 7) is 1.60. The van der Waals surface area contributed by atoms with Gasteiger partial charge in [-0.05, 0) is 19.1 Å². The minimum atomic E-state index is -1.19. The molecule has 0 amide bonds. The van der Waals surface area contributed by atoms with Crippen LogP contribution in [0.3, 0.4) is 0 Å². The fourth-order valence-electron chi connectivity index (χ4n) is 2.82. The molecule has 23 heavy (non-hydrogen) atoms. The molecule has 2 aromatic rings. The molecular weight excluding hydrogens is 310 g/mol. The smallest absolute Gasteiger partial charge is 1.00 e. The Hall–Kier alpha value is -1.89. The van der Waals surface area contributed by atoms with E-state index in [1.807, 2.05) is 0 Å². The number of nitrogens with one attached hydrogen (secondary N) is 2. The van der Waals surface area contributed by atoms with Gasteiger partial charge in [0.15, 0.2) is 0 Å². The van der Waals surface area contributed by atoms with Gasteiger partial charge in [-0.25, -0.2) is 9.18 Å². The van der Waals surface area contributed by atoms with Gasteiger partial charge in [-0.2, -0.15) is 0 Å². The number of carboxylic acid groups (broad SMARTS) is 1. The van der Waals surface area contributed by atoms with E-state index >= 15 is 0 Å². The first-order valence-electron chi connectivity index (χ1n) is 6.67. The van der Waals surface area contributed by atoms with Crippen LogP contribution in [0.5, 0.6) is 0 Å². The van der Waals surface area contributed by atoms with Crippen LogP contribution in [-0.4, -0.2) is 16.1 Å². The summed E-state index contributed by atoms with van der Waals surface area (Å²) in [5.74, 6) is -2.69. The maximum Gasteiger partial charge on any atom is 1.00 e. The number of anilines is 1. The summed E-state index contributed by atoms with van der Waals surface area (Å²) >= 11 is 0. The van der Waals surface area contributed by atoms with Gasteiger partial charge in [0, 0.05) is 23.1 Å². The third-order valence-electron chi connectivity index (χ3n) is 3.75. The second-order valence-corrected chi connectivity index (χ2v) is 5.06. The Bertz CT molecular complexity index is 866. The maximum absolute atomic E-state index is 14.2. The first-order valence-corrected chi connectivity index (χ1v) is 6.67. The number of fused-ring (bicyclic) bond motifs is 1. The normalized spacial score (nSPS) is 16.2. The summed E-state index contributed by atoms with van der Waals surface area (Å²) in [6.07, 6.45) is 1.46. The van der Waals surface area contributed by atoms with Gasteiger partial charge in [0.2, 0.25) is 0 Å². The van der Waals surface area contributed by atoms with Crippen molar-refractivity contribution < 1.29 is 45.3 Å². The molecule has 114 valence electrons. The fraction of sp³-hybridized carbons (Fsp3) is 0.125. The van der Waals surface area contributed by atoms with Crippen LogP contribution in [0.1, 0.15) is 25.4 Å². The Balaban J connectivity index is 0.00000144. The zero-order valence-corrected chi connectivity index (χ0v) is 14.7. The predicted octanol–water partition coefficient (Wildman–Crippen LogP) is -0.453. The topological polar surface area (TPSA) is 82.2 Å². The van der Waals surface area contributed by atoms with Crippen molar-refractivity contribution in [1.82, 2.24) is 4.98 Å². The number of aromatic amines is 1. The second-order valence-electron chi connectivity index (χ2n) is 5.06. The Morgan fingerprint density at radius 2 is 2.00 bits per heavy atom. The van der Waals surface area contributed by atoms with E-state index in [4.69, 9.17) is 0 Å². The van der Waals surface area contributed by atoms with Gasteiger partial charge in [-0.1, -0.05) is 18.2 Å². The van der Waals surface area contributed by atoms with Gasteiger partial charge in [-0.15, -0.1) is 0 Å². The van der Waals surface area contributed by atoms with E-state index in [1.165, 1.54) is 24.4 Å². The maximum atomic E-state index is 14.2. The van der Waals surface area contributed by atoms with Crippen molar-refractivity contribution in [2.45, 2.75) is 12.8 Å². The van der Waals surface area contributed by atoms with Gasteiger partial charge in [0.05, 0.1) is 17.1 Å². The number of hydrogen-bond donors (Lipinski definition) is 3. The molecular formula is C16H14FN2NaO3. The van der Waals surface area contributed by atoms with E-state index in [0.717, 1.165) is 0 Å². The zero-order valence-electron chi connectivity index (χ0n) is 13.7. The Morgan fingerprint density at radius 3 is 2.65 bits per heavy atom. The molecule has 1 aromatic heterocycles. The number of rotatable bonds is 2. The molecule has 0 radical (unpaired) electrons. The van der Waals surface area contributed by atoms with Crippen LogP contribution >= 0.6 is 0 Å². The molecule has 3 rings (SSSR count). The summed E-state index contributed by atoms with van der Waals surface area (Å²) in [7, 11) is 0. The largest absolute Gasteiger partial charge is 1.00 e. The van der Waals surface area contributed by atoms with E-state index in [9.17, 15) is 19.1 Å². The molecule has 0 bridgehead atoms. The van der Waals surface area contributed by atoms with Crippen LogP contribution in [-0.2, 0) is 4.79 Å². The first-order chi connectivity index (χ1) is 10.5. The molecule has 1 atom stereocenters. The average molecular weight is 324 g/mol. The molecule has 1 aliphatic rings. The second kappa shape index (κ2) is 6.70. The van der Waals surface area contributed by atoms with Gasteiger partial charge in [-0.3, -0.25) is 4.79 Å². The number of carboxylic acids is 1. The minimum Gasteiger partial charge on any atom is -1.00 e. The van der Waals surface area contributed by atoms with Crippen LogP contribution in [0.4, 0.5) is 10.1 Å². The number of aromatic nitrogens is 1. The van der Waals surface area contributed by atoms with Crippen molar-refractivity contribution in [2.75, 3.05) is 5.32 Å². The van der Waals surface area contributed by atoms with Crippen LogP contribution in [0, 0.1) is 5.82 Å². The minimum absolute atomic E-state index is 0. The van der Waals surface area contributed by atoms with E-state index in [-0.39, 0.29) is 47.7 Å². The summed E-state index contributed by atoms with van der Waals surface area (Å²) in [4.78, 5) is 26.4. The molecule has 0 fully saturated rings. The van der Waals surface area contributed by atoms with Crippen molar-refractivity contribution >= 4 is 11.7 Å². The molecule has 0 aliphatic carbocycles. The zero-order chi connectivity index (χ0) is 15.9. The number of halogens is 1. The van der Waals surface area contributed by atoms with E-state index in [1.54, 1.807) is 19.1 Å². The molecule has 0 saturated carbocycles. The van der Waals surface area contributed by atoms with Gasteiger partial charge in [0.25, 0.3) is 5.56 Å². The van der Waals surface area contributed by atoms with Crippen molar-refractivity contribution in [1.29, 1.82) is 0 Å². The summed E-state index contributed by atoms with van der Waals surface area (Å²) in [6, 6.07) is 7.52. The molecule has 0 spiro atoms. The molecule has 2 heterocycles. The molecule has 1 aliphatic heterocycles. The third kappa shape index (κ3) is 2.97. The van der Waals surface area contributed by atoms with E-state index < -0.39 is 23.3 Å². The number of pyridine rings is 1. The Morgan fingerprint density at radius 1 is 1.30 bits per heavy atom. The molecule has 3 N–H and O–H groups in total. The van der Waals surface area contributed by atoms with Crippen LogP contribution < -0.4 is 40.4 Å². The van der Waals surface area contributed by atoms with Gasteiger partial charge >= 0.3 is 35.5 Å². The van der Waals surface area contributed by atoms with Gasteiger partial charge < -0.3 is 16.8 Å². The Labute approximate surface area is 155 Å². The predicted molar refractivity (Wildman–Crippen MR) is 80.4 cm³/mol. The molecule has 1 unspecified atom stereocenters. The third-order valence-corrected chi connectivity index (χ3v) is 3.75. The first kappa shape index (κ1) is 17.5. The standard InChI is InChI=1S/C16H13FN2O3.Na.H/c1-8-12(16(21)22)13(9-4-2-3-5-10(9)17)14-11(19-8)6-7-18-15(14)20;;/h2-7,13,19H,1H3,(H,18,20)(H,21,22);;/q;+1;-1. The van der Waals surface area contributed by atoms with E-state index in [0.29, 0.717) is 11.4 Å². The quantitative estimate of drug-likeness (QED) is 0.654. The van der Waals surface area contributed by atoms with Crippen LogP contribution in [0.2, 0.25) is 0 Å². The van der Waals surface area contributed by atoms with Crippen molar-refractivity contribution in [3.63, 3.8) is 0 Å². The van der Waals surface area contributed by atoms with Crippen molar-refractivity contribution in [3.05, 3.63) is 75.1 Å². The summed E-state index contributed by atoms with van der Waals surface area (Å²) in [5.41, 5.74) is 0.770. The van der Waals surface area contributed by atoms with Crippen LogP contribution in [0.15, 0.2) is 52.6 Å². The molecule has 0 saturated heterocycles. The van der Waals surface area contributed by atoms with Crippen molar-refractivity contribution in [2.24, 2.45) is 0 Å². The van der Waals surface area contributed by atoms with Crippen LogP contribution in [0.25, 0.3) is 0 Å². The van der Waals surface area contributed by atoms with Crippen molar-refractivity contribution in [3.8, 4) is 0 Å². The summed E-state index contributed by atoms with van der Waals surface area (Å²) < 4.78 is 14.2. The number of allylic oxidation sites excluding steroid dienone is 1. The fourth-order valence-corrected chi connectivity index (χ4v) is 2.82. The number of carbonyl (C=O) groups is 1. The average Bonchev–Trinajstić information content (AvgIpc) is 2.46. The number of aliphatic carboxylic acids is 1. The SMILES string of the molecule is CC1=C(C(=O)O)C(c2ccccc2F)c2c(cc[nH]c2=O)N1.[H-].[Na+]. The monoisotopic (exact) mass is 324 g/mol. The number of benzene rings is 1. The molecule has 1 aromatic carbocycles. The summed E-state index contributed by atoms with van der Waals surface area (Å²) in [5, 5.41) is 12.4. The number of hydrogen-bond acceptors (Lipinski definition) is 3. The number of H-pyrrole nitrogens is 1. The molecule has 7 heteroatoms. The Kier molecular flexibility index (Phi) is 5.09.